The number of rotatable bonds is 8. The number of amides is 1. The van der Waals surface area contributed by atoms with Crippen molar-refractivity contribution in [1.82, 2.24) is 5.43 Å². The molecule has 0 saturated carbocycles. The molecule has 148 valence electrons. The van der Waals surface area contributed by atoms with Gasteiger partial charge in [-0.05, 0) is 61.4 Å². The van der Waals surface area contributed by atoms with Gasteiger partial charge in [0, 0.05) is 5.75 Å². The van der Waals surface area contributed by atoms with E-state index in [-0.39, 0.29) is 5.91 Å². The first-order chi connectivity index (χ1) is 14.1. The summed E-state index contributed by atoms with van der Waals surface area (Å²) in [6.07, 6.45) is 1.62. The Morgan fingerprint density at radius 3 is 2.31 bits per heavy atom. The van der Waals surface area contributed by atoms with Crippen LogP contribution in [0.5, 0.6) is 11.5 Å². The van der Waals surface area contributed by atoms with E-state index in [9.17, 15) is 4.79 Å². The molecule has 0 aliphatic heterocycles. The molecule has 0 heterocycles. The molecule has 3 aromatic rings. The molecular formula is C24H24N2O2S. The first kappa shape index (κ1) is 20.7. The Kier molecular flexibility index (Phi) is 7.47. The monoisotopic (exact) mass is 404 g/mol. The summed E-state index contributed by atoms with van der Waals surface area (Å²) in [5.74, 6) is 2.61. The molecule has 0 spiro atoms. The minimum atomic E-state index is -0.111. The summed E-state index contributed by atoms with van der Waals surface area (Å²) >= 11 is 1.58. The average Bonchev–Trinajstić information content (AvgIpc) is 2.69. The third kappa shape index (κ3) is 7.12. The molecule has 1 N–H and O–H groups in total. The van der Waals surface area contributed by atoms with Gasteiger partial charge in [0.1, 0.15) is 11.5 Å². The van der Waals surface area contributed by atoms with Crippen molar-refractivity contribution < 1.29 is 9.53 Å². The summed E-state index contributed by atoms with van der Waals surface area (Å²) in [6.45, 7) is 4.17. The maximum Gasteiger partial charge on any atom is 0.250 e. The molecule has 29 heavy (non-hydrogen) atoms. The molecule has 0 unspecified atom stereocenters. The lowest BCUT2D eigenvalue weighted by Crippen LogP contribution is -2.19. The highest BCUT2D eigenvalue weighted by Crippen LogP contribution is 2.20. The first-order valence-corrected chi connectivity index (χ1v) is 10.5. The molecule has 0 aliphatic carbocycles. The van der Waals surface area contributed by atoms with Crippen LogP contribution in [0.2, 0.25) is 0 Å². The highest BCUT2D eigenvalue weighted by atomic mass is 32.2. The van der Waals surface area contributed by atoms with Crippen LogP contribution in [-0.2, 0) is 10.5 Å². The number of hydrogen-bond donors (Lipinski definition) is 1. The molecule has 0 saturated heterocycles. The van der Waals surface area contributed by atoms with Crippen molar-refractivity contribution >= 4 is 23.9 Å². The summed E-state index contributed by atoms with van der Waals surface area (Å²) in [6, 6.07) is 23.6. The fourth-order valence-corrected chi connectivity index (χ4v) is 3.63. The zero-order chi connectivity index (χ0) is 20.5. The molecule has 0 aromatic heterocycles. The topological polar surface area (TPSA) is 50.7 Å². The number of ether oxygens (including phenoxy) is 1. The van der Waals surface area contributed by atoms with Crippen molar-refractivity contribution in [1.29, 1.82) is 0 Å². The quantitative estimate of drug-likeness (QED) is 0.399. The Morgan fingerprint density at radius 2 is 1.62 bits per heavy atom. The Bertz CT molecular complexity index is 950. The Hall–Kier alpha value is -3.05. The van der Waals surface area contributed by atoms with Crippen molar-refractivity contribution in [3.05, 3.63) is 95.1 Å². The Morgan fingerprint density at radius 1 is 0.966 bits per heavy atom. The van der Waals surface area contributed by atoms with Crippen LogP contribution in [0, 0.1) is 13.8 Å². The van der Waals surface area contributed by atoms with Crippen molar-refractivity contribution in [2.75, 3.05) is 5.75 Å². The van der Waals surface area contributed by atoms with Gasteiger partial charge in [0.15, 0.2) is 0 Å². The van der Waals surface area contributed by atoms with Crippen LogP contribution < -0.4 is 10.2 Å². The number of aryl methyl sites for hydroxylation is 2. The normalized spacial score (nSPS) is 10.8. The van der Waals surface area contributed by atoms with Gasteiger partial charge in [-0.25, -0.2) is 5.43 Å². The highest BCUT2D eigenvalue weighted by Gasteiger charge is 2.02. The van der Waals surface area contributed by atoms with E-state index in [1.807, 2.05) is 54.6 Å². The summed E-state index contributed by atoms with van der Waals surface area (Å²) < 4.78 is 5.75. The van der Waals surface area contributed by atoms with E-state index < -0.39 is 0 Å². The standard InChI is InChI=1S/C24H24N2O2S/c1-18-12-19(2)14-21(13-18)16-29-17-24(27)26-25-15-20-8-10-23(11-9-20)28-22-6-4-3-5-7-22/h3-15H,16-17H2,1-2H3,(H,26,27)/b25-15-. The summed E-state index contributed by atoms with van der Waals surface area (Å²) in [5, 5.41) is 4.03. The molecule has 1 amide bonds. The van der Waals surface area contributed by atoms with Gasteiger partial charge < -0.3 is 4.74 Å². The second kappa shape index (κ2) is 10.5. The number of nitrogens with zero attached hydrogens (tertiary/aromatic N) is 1. The number of thioether (sulfide) groups is 1. The fraction of sp³-hybridized carbons (Fsp3) is 0.167. The largest absolute Gasteiger partial charge is 0.457 e. The summed E-state index contributed by atoms with van der Waals surface area (Å²) in [4.78, 5) is 11.9. The SMILES string of the molecule is Cc1cc(C)cc(CSCC(=O)N/N=C\c2ccc(Oc3ccccc3)cc2)c1. The van der Waals surface area contributed by atoms with E-state index in [1.165, 1.54) is 16.7 Å². The van der Waals surface area contributed by atoms with E-state index in [0.29, 0.717) is 5.75 Å². The van der Waals surface area contributed by atoms with Gasteiger partial charge in [-0.15, -0.1) is 11.8 Å². The number of hydrazone groups is 1. The van der Waals surface area contributed by atoms with Crippen LogP contribution in [-0.4, -0.2) is 17.9 Å². The van der Waals surface area contributed by atoms with Crippen LogP contribution in [0.4, 0.5) is 0 Å². The van der Waals surface area contributed by atoms with E-state index in [1.54, 1.807) is 18.0 Å². The predicted molar refractivity (Wildman–Crippen MR) is 121 cm³/mol. The van der Waals surface area contributed by atoms with Crippen LogP contribution in [0.25, 0.3) is 0 Å². The van der Waals surface area contributed by atoms with Gasteiger partial charge in [0.25, 0.3) is 0 Å². The molecule has 0 radical (unpaired) electrons. The van der Waals surface area contributed by atoms with Gasteiger partial charge >= 0.3 is 0 Å². The van der Waals surface area contributed by atoms with Gasteiger partial charge in [0.2, 0.25) is 5.91 Å². The minimum absolute atomic E-state index is 0.111. The predicted octanol–water partition coefficient (Wildman–Crippen LogP) is 5.48. The second-order valence-corrected chi connectivity index (χ2v) is 7.75. The molecule has 4 nitrogen and oxygen atoms in total. The molecule has 5 heteroatoms. The van der Waals surface area contributed by atoms with E-state index in [2.05, 4.69) is 42.6 Å². The van der Waals surface area contributed by atoms with Crippen molar-refractivity contribution in [3.63, 3.8) is 0 Å². The zero-order valence-corrected chi connectivity index (χ0v) is 17.4. The Balaban J connectivity index is 1.41. The molecule has 0 bridgehead atoms. The van der Waals surface area contributed by atoms with Crippen LogP contribution >= 0.6 is 11.8 Å². The smallest absolute Gasteiger partial charge is 0.250 e. The van der Waals surface area contributed by atoms with Gasteiger partial charge in [-0.1, -0.05) is 47.5 Å². The van der Waals surface area contributed by atoms with Crippen LogP contribution in [0.3, 0.4) is 0 Å². The zero-order valence-electron chi connectivity index (χ0n) is 16.6. The molecule has 0 atom stereocenters. The maximum absolute atomic E-state index is 11.9. The maximum atomic E-state index is 11.9. The number of carbonyl (C=O) groups is 1. The van der Waals surface area contributed by atoms with Crippen molar-refractivity contribution in [2.45, 2.75) is 19.6 Å². The van der Waals surface area contributed by atoms with Crippen LogP contribution in [0.1, 0.15) is 22.3 Å². The molecule has 0 aliphatic rings. The highest BCUT2D eigenvalue weighted by molar-refractivity contribution is 7.99. The third-order valence-electron chi connectivity index (χ3n) is 4.05. The van der Waals surface area contributed by atoms with E-state index in [4.69, 9.17) is 4.74 Å². The average molecular weight is 405 g/mol. The number of carbonyl (C=O) groups excluding carboxylic acids is 1. The fourth-order valence-electron chi connectivity index (χ4n) is 2.87. The molecule has 3 aromatic carbocycles. The minimum Gasteiger partial charge on any atom is -0.457 e. The van der Waals surface area contributed by atoms with E-state index in [0.717, 1.165) is 22.8 Å². The van der Waals surface area contributed by atoms with Crippen molar-refractivity contribution in [2.24, 2.45) is 5.10 Å². The number of benzene rings is 3. The third-order valence-corrected chi connectivity index (χ3v) is 5.05. The second-order valence-electron chi connectivity index (χ2n) is 6.77. The molecular weight excluding hydrogens is 380 g/mol. The Labute approximate surface area is 176 Å². The summed E-state index contributed by atoms with van der Waals surface area (Å²) in [7, 11) is 0. The lowest BCUT2D eigenvalue weighted by molar-refractivity contribution is -0.118. The number of para-hydroxylation sites is 1. The number of nitrogens with one attached hydrogen (secondary N) is 1. The van der Waals surface area contributed by atoms with E-state index >= 15 is 0 Å². The first-order valence-electron chi connectivity index (χ1n) is 9.38. The number of hydrogen-bond acceptors (Lipinski definition) is 4. The molecule has 0 fully saturated rings. The van der Waals surface area contributed by atoms with Crippen molar-refractivity contribution in [3.8, 4) is 11.5 Å². The molecule has 3 rings (SSSR count). The lowest BCUT2D eigenvalue weighted by Gasteiger charge is -2.05. The summed E-state index contributed by atoms with van der Waals surface area (Å²) in [5.41, 5.74) is 7.18. The van der Waals surface area contributed by atoms with Gasteiger partial charge in [-0.3, -0.25) is 4.79 Å². The van der Waals surface area contributed by atoms with Gasteiger partial charge in [0.05, 0.1) is 12.0 Å². The van der Waals surface area contributed by atoms with Crippen LogP contribution in [0.15, 0.2) is 77.9 Å². The lowest BCUT2D eigenvalue weighted by atomic mass is 10.1. The van der Waals surface area contributed by atoms with Gasteiger partial charge in [-0.2, -0.15) is 5.10 Å².